The largest absolute Gasteiger partial charge is 0.493 e. The first-order valence-corrected chi connectivity index (χ1v) is 12.5. The SMILES string of the molecule is COc1cc(/C=C2\SC(=O)N(CC(=O)Nc3ccc(F)c(F)c3F)C2=O)cc(Cl)c1OCc1ccccc1C#N. The summed E-state index contributed by atoms with van der Waals surface area (Å²) in [5.74, 6) is -6.22. The summed E-state index contributed by atoms with van der Waals surface area (Å²) >= 11 is 6.97. The minimum absolute atomic E-state index is 0.0356. The molecule has 1 heterocycles. The second-order valence-electron chi connectivity index (χ2n) is 8.13. The van der Waals surface area contributed by atoms with Gasteiger partial charge in [-0.25, -0.2) is 13.2 Å². The van der Waals surface area contributed by atoms with Gasteiger partial charge in [-0.1, -0.05) is 29.8 Å². The van der Waals surface area contributed by atoms with Crippen molar-refractivity contribution in [2.75, 3.05) is 19.0 Å². The van der Waals surface area contributed by atoms with Crippen LogP contribution in [-0.2, 0) is 16.2 Å². The van der Waals surface area contributed by atoms with Gasteiger partial charge in [-0.05, 0) is 53.7 Å². The fourth-order valence-corrected chi connectivity index (χ4v) is 4.72. The quantitative estimate of drug-likeness (QED) is 0.258. The van der Waals surface area contributed by atoms with Crippen LogP contribution in [0.5, 0.6) is 11.5 Å². The molecule has 3 aromatic carbocycles. The number of carbonyl (C=O) groups excluding carboxylic acids is 3. The fraction of sp³-hybridized carbons (Fsp3) is 0.111. The Kier molecular flexibility index (Phi) is 8.67. The molecule has 1 aliphatic rings. The van der Waals surface area contributed by atoms with Crippen LogP contribution in [0, 0.1) is 28.8 Å². The molecule has 0 aromatic heterocycles. The van der Waals surface area contributed by atoms with E-state index in [0.717, 1.165) is 6.07 Å². The zero-order valence-electron chi connectivity index (χ0n) is 20.5. The normalized spacial score (nSPS) is 13.9. The summed E-state index contributed by atoms with van der Waals surface area (Å²) in [6, 6.07) is 13.4. The van der Waals surface area contributed by atoms with Gasteiger partial charge in [0.05, 0.1) is 34.4 Å². The Hall–Kier alpha value is -4.47. The number of thioether (sulfide) groups is 1. The van der Waals surface area contributed by atoms with Crippen molar-refractivity contribution in [2.24, 2.45) is 0 Å². The van der Waals surface area contributed by atoms with Crippen LogP contribution >= 0.6 is 23.4 Å². The molecule has 3 amide bonds. The van der Waals surface area contributed by atoms with Gasteiger partial charge < -0.3 is 14.8 Å². The first-order chi connectivity index (χ1) is 19.1. The van der Waals surface area contributed by atoms with E-state index in [0.29, 0.717) is 39.4 Å². The minimum atomic E-state index is -1.77. The number of halogens is 4. The maximum absolute atomic E-state index is 13.9. The molecule has 0 radical (unpaired) electrons. The number of carbonyl (C=O) groups is 3. The molecular formula is C27H17ClF3N3O5S. The first kappa shape index (κ1) is 28.5. The van der Waals surface area contributed by atoms with Crippen LogP contribution in [0.3, 0.4) is 0 Å². The molecule has 0 bridgehead atoms. The highest BCUT2D eigenvalue weighted by Gasteiger charge is 2.36. The van der Waals surface area contributed by atoms with Crippen molar-refractivity contribution < 1.29 is 37.0 Å². The number of hydrogen-bond acceptors (Lipinski definition) is 7. The van der Waals surface area contributed by atoms with Gasteiger partial charge in [0.25, 0.3) is 11.1 Å². The Labute approximate surface area is 234 Å². The molecule has 0 atom stereocenters. The maximum Gasteiger partial charge on any atom is 0.294 e. The number of anilines is 1. The Balaban J connectivity index is 1.49. The van der Waals surface area contributed by atoms with Crippen LogP contribution in [0.2, 0.25) is 5.02 Å². The second kappa shape index (κ2) is 12.1. The van der Waals surface area contributed by atoms with E-state index >= 15 is 0 Å². The lowest BCUT2D eigenvalue weighted by Gasteiger charge is -2.14. The summed E-state index contributed by atoms with van der Waals surface area (Å²) in [7, 11) is 1.38. The molecule has 3 aromatic rings. The lowest BCUT2D eigenvalue weighted by Crippen LogP contribution is -2.36. The highest BCUT2D eigenvalue weighted by Crippen LogP contribution is 2.39. The van der Waals surface area contributed by atoms with E-state index in [1.165, 1.54) is 25.3 Å². The third-order valence-electron chi connectivity index (χ3n) is 5.54. The molecule has 4 rings (SSSR count). The monoisotopic (exact) mass is 587 g/mol. The zero-order valence-corrected chi connectivity index (χ0v) is 22.0. The molecule has 0 unspecified atom stereocenters. The fourth-order valence-electron chi connectivity index (χ4n) is 3.61. The lowest BCUT2D eigenvalue weighted by atomic mass is 10.1. The van der Waals surface area contributed by atoms with Gasteiger partial charge >= 0.3 is 0 Å². The topological polar surface area (TPSA) is 109 Å². The van der Waals surface area contributed by atoms with Crippen molar-refractivity contribution in [3.8, 4) is 17.6 Å². The Bertz CT molecular complexity index is 1610. The zero-order chi connectivity index (χ0) is 29.0. The van der Waals surface area contributed by atoms with Crippen LogP contribution in [0.4, 0.5) is 23.7 Å². The van der Waals surface area contributed by atoms with Crippen LogP contribution in [0.25, 0.3) is 6.08 Å². The molecule has 1 saturated heterocycles. The van der Waals surface area contributed by atoms with Gasteiger partial charge in [0, 0.05) is 5.56 Å². The standard InChI is InChI=1S/C27H17ClF3N3O5S/c1-38-20-9-14(8-17(28)25(20)39-13-16-5-3-2-4-15(16)11-32)10-21-26(36)34(27(37)40-21)12-22(35)33-19-7-6-18(29)23(30)24(19)31/h2-10H,12-13H2,1H3,(H,33,35)/b21-10-. The average Bonchev–Trinajstić information content (AvgIpc) is 3.19. The molecule has 1 fully saturated rings. The average molecular weight is 588 g/mol. The Morgan fingerprint density at radius 3 is 2.62 bits per heavy atom. The van der Waals surface area contributed by atoms with E-state index in [9.17, 15) is 32.8 Å². The van der Waals surface area contributed by atoms with Gasteiger partial charge in [0.15, 0.2) is 29.0 Å². The molecule has 0 aliphatic carbocycles. The Morgan fingerprint density at radius 2 is 1.90 bits per heavy atom. The van der Waals surface area contributed by atoms with Crippen LogP contribution in [0.1, 0.15) is 16.7 Å². The van der Waals surface area contributed by atoms with Crippen molar-refractivity contribution in [1.82, 2.24) is 4.90 Å². The van der Waals surface area contributed by atoms with Crippen LogP contribution in [-0.4, -0.2) is 35.6 Å². The molecule has 0 saturated carbocycles. The molecule has 1 N–H and O–H groups in total. The summed E-state index contributed by atoms with van der Waals surface area (Å²) in [5.41, 5.74) is 0.808. The number of nitrogens with one attached hydrogen (secondary N) is 1. The molecule has 8 nitrogen and oxygen atoms in total. The number of methoxy groups -OCH3 is 1. The van der Waals surface area contributed by atoms with Gasteiger partial charge in [-0.15, -0.1) is 0 Å². The van der Waals surface area contributed by atoms with Crippen LogP contribution in [0.15, 0.2) is 53.4 Å². The number of imide groups is 1. The van der Waals surface area contributed by atoms with Crippen molar-refractivity contribution >= 4 is 52.2 Å². The van der Waals surface area contributed by atoms with Crippen molar-refractivity contribution in [1.29, 1.82) is 5.26 Å². The molecule has 0 spiro atoms. The second-order valence-corrected chi connectivity index (χ2v) is 9.53. The first-order valence-electron chi connectivity index (χ1n) is 11.3. The number of ether oxygens (including phenoxy) is 2. The molecular weight excluding hydrogens is 571 g/mol. The summed E-state index contributed by atoms with van der Waals surface area (Å²) in [6.45, 7) is -0.754. The minimum Gasteiger partial charge on any atom is -0.493 e. The van der Waals surface area contributed by atoms with Gasteiger partial charge in [0.1, 0.15) is 13.2 Å². The summed E-state index contributed by atoms with van der Waals surface area (Å²) in [5, 5.41) is 10.6. The number of nitrogens with zero attached hydrogens (tertiary/aromatic N) is 2. The van der Waals surface area contributed by atoms with E-state index in [4.69, 9.17) is 21.1 Å². The van der Waals surface area contributed by atoms with Crippen LogP contribution < -0.4 is 14.8 Å². The van der Waals surface area contributed by atoms with Crippen molar-refractivity contribution in [3.63, 3.8) is 0 Å². The predicted octanol–water partition coefficient (Wildman–Crippen LogP) is 5.89. The predicted molar refractivity (Wildman–Crippen MR) is 141 cm³/mol. The van der Waals surface area contributed by atoms with E-state index in [1.54, 1.807) is 24.3 Å². The smallest absolute Gasteiger partial charge is 0.294 e. The highest BCUT2D eigenvalue weighted by molar-refractivity contribution is 8.18. The number of benzene rings is 3. The van der Waals surface area contributed by atoms with E-state index in [2.05, 4.69) is 6.07 Å². The highest BCUT2D eigenvalue weighted by atomic mass is 35.5. The van der Waals surface area contributed by atoms with Gasteiger partial charge in [-0.2, -0.15) is 5.26 Å². The van der Waals surface area contributed by atoms with Gasteiger partial charge in [-0.3, -0.25) is 19.3 Å². The number of nitriles is 1. The molecule has 40 heavy (non-hydrogen) atoms. The van der Waals surface area contributed by atoms with E-state index in [-0.39, 0.29) is 28.0 Å². The molecule has 1 aliphatic heterocycles. The maximum atomic E-state index is 13.9. The number of hydrogen-bond donors (Lipinski definition) is 1. The van der Waals surface area contributed by atoms with Gasteiger partial charge in [0.2, 0.25) is 5.91 Å². The summed E-state index contributed by atoms with van der Waals surface area (Å²) in [4.78, 5) is 38.2. The third-order valence-corrected chi connectivity index (χ3v) is 6.73. The number of amides is 3. The van der Waals surface area contributed by atoms with E-state index in [1.807, 2.05) is 5.32 Å². The van der Waals surface area contributed by atoms with Crippen molar-refractivity contribution in [2.45, 2.75) is 6.61 Å². The summed E-state index contributed by atoms with van der Waals surface area (Å²) < 4.78 is 51.6. The van der Waals surface area contributed by atoms with E-state index < -0.39 is 46.7 Å². The Morgan fingerprint density at radius 1 is 1.15 bits per heavy atom. The van der Waals surface area contributed by atoms with Crippen molar-refractivity contribution in [3.05, 3.63) is 92.6 Å². The lowest BCUT2D eigenvalue weighted by molar-refractivity contribution is -0.127. The molecule has 204 valence electrons. The third kappa shape index (κ3) is 6.06. The molecule has 13 heteroatoms. The summed E-state index contributed by atoms with van der Waals surface area (Å²) in [6.07, 6.45) is 1.36. The number of rotatable bonds is 8.